The molecule has 38 heavy (non-hydrogen) atoms. The predicted octanol–water partition coefficient (Wildman–Crippen LogP) is 3.74. The van der Waals surface area contributed by atoms with Crippen LogP contribution in [0.3, 0.4) is 0 Å². The largest absolute Gasteiger partial charge is 0.462 e. The highest BCUT2D eigenvalue weighted by Gasteiger charge is 2.30. The summed E-state index contributed by atoms with van der Waals surface area (Å²) < 4.78 is 38.6. The molecule has 1 atom stereocenters. The lowest BCUT2D eigenvalue weighted by Gasteiger charge is -2.13. The molecule has 1 N–H and O–H groups in total. The summed E-state index contributed by atoms with van der Waals surface area (Å²) in [5.74, 6) is -0.626. The van der Waals surface area contributed by atoms with E-state index in [9.17, 15) is 18.0 Å². The molecular formula is C28H39N3O6S. The minimum Gasteiger partial charge on any atom is -0.462 e. The highest BCUT2D eigenvalue weighted by molar-refractivity contribution is 7.92. The van der Waals surface area contributed by atoms with E-state index in [1.54, 1.807) is 4.68 Å². The monoisotopic (exact) mass is 545 g/mol. The van der Waals surface area contributed by atoms with Crippen molar-refractivity contribution in [2.45, 2.75) is 81.9 Å². The van der Waals surface area contributed by atoms with Crippen molar-refractivity contribution in [2.75, 3.05) is 26.4 Å². The molecule has 1 fully saturated rings. The molecule has 0 bridgehead atoms. The van der Waals surface area contributed by atoms with E-state index in [4.69, 9.17) is 14.6 Å². The second-order valence-corrected chi connectivity index (χ2v) is 12.5. The van der Waals surface area contributed by atoms with Gasteiger partial charge >= 0.3 is 5.97 Å². The van der Waals surface area contributed by atoms with Crippen LogP contribution < -0.4 is 5.32 Å². The average Bonchev–Trinajstić information content (AvgIpc) is 3.57. The molecular weight excluding hydrogens is 506 g/mol. The lowest BCUT2D eigenvalue weighted by molar-refractivity contribution is 0.0448. The van der Waals surface area contributed by atoms with E-state index in [0.29, 0.717) is 63.2 Å². The predicted molar refractivity (Wildman–Crippen MR) is 143 cm³/mol. The van der Waals surface area contributed by atoms with Crippen molar-refractivity contribution in [1.82, 2.24) is 15.1 Å². The Morgan fingerprint density at radius 3 is 2.58 bits per heavy atom. The van der Waals surface area contributed by atoms with E-state index in [0.717, 1.165) is 36.9 Å². The third kappa shape index (κ3) is 6.64. The number of nitrogens with zero attached hydrogens (tertiary/aromatic N) is 2. The highest BCUT2D eigenvalue weighted by atomic mass is 32.2. The SMILES string of the molecule is CCn1nc(C[C@@H](C)COC(=O)c2ccc(S(=O)(=O)C3CCCC3)cc2)c2c1C(=O)NCCCOCCC2. The van der Waals surface area contributed by atoms with Crippen LogP contribution in [0.5, 0.6) is 0 Å². The Morgan fingerprint density at radius 2 is 1.87 bits per heavy atom. The molecule has 1 aromatic carbocycles. The van der Waals surface area contributed by atoms with Crippen LogP contribution in [0.25, 0.3) is 0 Å². The molecule has 0 unspecified atom stereocenters. The van der Waals surface area contributed by atoms with Gasteiger partial charge in [-0.05, 0) is 75.6 Å². The standard InChI is InChI=1S/C28H39N3O6S/c1-3-31-26-24(10-6-16-36-17-7-15-29-27(26)32)25(30-31)18-20(2)19-37-28(33)21-11-13-23(14-12-21)38(34,35)22-8-4-5-9-22/h11-14,20,22H,3-10,15-19H2,1-2H3,(H,29,32)/t20-/m1/s1. The maximum absolute atomic E-state index is 12.9. The number of aryl methyl sites for hydroxylation is 1. The zero-order chi connectivity index (χ0) is 27.1. The minimum absolute atomic E-state index is 0.0252. The van der Waals surface area contributed by atoms with Crippen molar-refractivity contribution in [3.05, 3.63) is 46.8 Å². The number of carbonyl (C=O) groups is 2. The van der Waals surface area contributed by atoms with Crippen LogP contribution in [0.2, 0.25) is 0 Å². The van der Waals surface area contributed by atoms with E-state index in [1.807, 2.05) is 13.8 Å². The zero-order valence-corrected chi connectivity index (χ0v) is 23.2. The Kier molecular flexibility index (Phi) is 9.59. The number of sulfone groups is 1. The van der Waals surface area contributed by atoms with Gasteiger partial charge in [0.05, 0.1) is 28.0 Å². The maximum Gasteiger partial charge on any atom is 0.338 e. The Hall–Kier alpha value is -2.72. The number of benzene rings is 1. The number of amides is 1. The summed E-state index contributed by atoms with van der Waals surface area (Å²) in [6, 6.07) is 6.06. The van der Waals surface area contributed by atoms with Crippen LogP contribution in [0.1, 0.15) is 84.5 Å². The molecule has 2 heterocycles. The number of aromatic nitrogens is 2. The third-order valence-electron chi connectivity index (χ3n) is 7.32. The van der Waals surface area contributed by atoms with Crippen molar-refractivity contribution in [2.24, 2.45) is 5.92 Å². The van der Waals surface area contributed by atoms with Gasteiger partial charge in [-0.3, -0.25) is 9.48 Å². The summed E-state index contributed by atoms with van der Waals surface area (Å²) in [5.41, 5.74) is 2.72. The van der Waals surface area contributed by atoms with Crippen molar-refractivity contribution >= 4 is 21.7 Å². The van der Waals surface area contributed by atoms with Gasteiger partial charge in [0.2, 0.25) is 0 Å². The fourth-order valence-electron chi connectivity index (χ4n) is 5.23. The second kappa shape index (κ2) is 12.9. The number of carbonyl (C=O) groups excluding carboxylic acids is 2. The van der Waals surface area contributed by atoms with Gasteiger partial charge in [-0.1, -0.05) is 19.8 Å². The van der Waals surface area contributed by atoms with Gasteiger partial charge in [-0.15, -0.1) is 0 Å². The molecule has 10 heteroatoms. The van der Waals surface area contributed by atoms with Crippen molar-refractivity contribution in [3.63, 3.8) is 0 Å². The number of ether oxygens (including phenoxy) is 2. The Bertz CT molecular complexity index is 1220. The lowest BCUT2D eigenvalue weighted by atomic mass is 9.99. The van der Waals surface area contributed by atoms with Gasteiger partial charge in [-0.25, -0.2) is 13.2 Å². The first-order valence-electron chi connectivity index (χ1n) is 13.8. The zero-order valence-electron chi connectivity index (χ0n) is 22.4. The van der Waals surface area contributed by atoms with E-state index in [2.05, 4.69) is 5.32 Å². The molecule has 4 rings (SSSR count). The number of esters is 1. The first kappa shape index (κ1) is 28.3. The molecule has 208 valence electrons. The maximum atomic E-state index is 12.9. The second-order valence-electron chi connectivity index (χ2n) is 10.3. The Balaban J connectivity index is 1.39. The van der Waals surface area contributed by atoms with Crippen LogP contribution in [0.15, 0.2) is 29.2 Å². The molecule has 1 amide bonds. The summed E-state index contributed by atoms with van der Waals surface area (Å²) in [5, 5.41) is 7.39. The van der Waals surface area contributed by atoms with Crippen LogP contribution >= 0.6 is 0 Å². The highest BCUT2D eigenvalue weighted by Crippen LogP contribution is 2.29. The number of hydrogen-bond acceptors (Lipinski definition) is 7. The fraction of sp³-hybridized carbons (Fsp3) is 0.607. The van der Waals surface area contributed by atoms with Gasteiger partial charge in [0.25, 0.3) is 5.91 Å². The number of nitrogens with one attached hydrogen (secondary N) is 1. The molecule has 0 radical (unpaired) electrons. The van der Waals surface area contributed by atoms with Gasteiger partial charge in [0, 0.05) is 31.9 Å². The first-order chi connectivity index (χ1) is 18.3. The van der Waals surface area contributed by atoms with Crippen LogP contribution in [-0.2, 0) is 38.7 Å². The van der Waals surface area contributed by atoms with Gasteiger partial charge < -0.3 is 14.8 Å². The summed E-state index contributed by atoms with van der Waals surface area (Å²) in [4.78, 5) is 25.9. The molecule has 0 saturated heterocycles. The number of fused-ring (bicyclic) bond motifs is 1. The number of hydrogen-bond donors (Lipinski definition) is 1. The lowest BCUT2D eigenvalue weighted by Crippen LogP contribution is -2.28. The Morgan fingerprint density at radius 1 is 1.16 bits per heavy atom. The average molecular weight is 546 g/mol. The molecule has 1 saturated carbocycles. The molecule has 0 spiro atoms. The van der Waals surface area contributed by atoms with Crippen LogP contribution in [0.4, 0.5) is 0 Å². The van der Waals surface area contributed by atoms with Crippen LogP contribution in [-0.4, -0.2) is 61.7 Å². The summed E-state index contributed by atoms with van der Waals surface area (Å²) in [6.45, 7) is 6.54. The van der Waals surface area contributed by atoms with E-state index >= 15 is 0 Å². The smallest absolute Gasteiger partial charge is 0.338 e. The van der Waals surface area contributed by atoms with Crippen molar-refractivity contribution < 1.29 is 27.5 Å². The summed E-state index contributed by atoms with van der Waals surface area (Å²) in [6.07, 6.45) is 6.11. The molecule has 9 nitrogen and oxygen atoms in total. The van der Waals surface area contributed by atoms with E-state index in [1.165, 1.54) is 24.3 Å². The molecule has 2 aliphatic rings. The molecule has 2 aromatic rings. The Labute approximate surface area is 225 Å². The molecule has 1 aliphatic heterocycles. The number of rotatable bonds is 8. The topological polar surface area (TPSA) is 117 Å². The van der Waals surface area contributed by atoms with Crippen molar-refractivity contribution in [3.8, 4) is 0 Å². The quantitative estimate of drug-likeness (QED) is 0.502. The molecule has 1 aromatic heterocycles. The van der Waals surface area contributed by atoms with Gasteiger partial charge in [0.1, 0.15) is 5.69 Å². The van der Waals surface area contributed by atoms with Gasteiger partial charge in [-0.2, -0.15) is 5.10 Å². The van der Waals surface area contributed by atoms with E-state index < -0.39 is 15.8 Å². The summed E-state index contributed by atoms with van der Waals surface area (Å²) in [7, 11) is -3.36. The van der Waals surface area contributed by atoms with E-state index in [-0.39, 0.29) is 28.6 Å². The first-order valence-corrected chi connectivity index (χ1v) is 15.3. The van der Waals surface area contributed by atoms with Crippen molar-refractivity contribution in [1.29, 1.82) is 0 Å². The normalized spacial score (nSPS) is 18.3. The molecule has 1 aliphatic carbocycles. The third-order valence-corrected chi connectivity index (χ3v) is 9.59. The van der Waals surface area contributed by atoms with Crippen LogP contribution in [0, 0.1) is 5.92 Å². The minimum atomic E-state index is -3.36. The summed E-state index contributed by atoms with van der Waals surface area (Å²) >= 11 is 0. The fourth-order valence-corrected chi connectivity index (χ4v) is 7.09. The van der Waals surface area contributed by atoms with Gasteiger partial charge in [0.15, 0.2) is 9.84 Å².